The van der Waals surface area contributed by atoms with E-state index >= 15 is 0 Å². The molecule has 2 aliphatic rings. The Hall–Kier alpha value is -1.53. The molecule has 6 heteroatoms. The van der Waals surface area contributed by atoms with Crippen LogP contribution in [0, 0.1) is 0 Å². The molecule has 110 valence electrons. The van der Waals surface area contributed by atoms with Gasteiger partial charge >= 0.3 is 0 Å². The number of fused-ring (bicyclic) bond motifs is 1. The Kier molecular flexibility index (Phi) is 3.43. The van der Waals surface area contributed by atoms with E-state index < -0.39 is 0 Å². The van der Waals surface area contributed by atoms with Gasteiger partial charge in [-0.3, -0.25) is 0 Å². The first-order valence-corrected chi connectivity index (χ1v) is 7.29. The molecule has 1 unspecified atom stereocenters. The molecule has 1 fully saturated rings. The van der Waals surface area contributed by atoms with Gasteiger partial charge in [0.1, 0.15) is 12.0 Å². The number of nitrogens with one attached hydrogen (secondary N) is 1. The second-order valence-corrected chi connectivity index (χ2v) is 6.03. The first-order valence-electron chi connectivity index (χ1n) is 7.29. The Labute approximate surface area is 119 Å². The van der Waals surface area contributed by atoms with Gasteiger partial charge in [0.05, 0.1) is 0 Å². The summed E-state index contributed by atoms with van der Waals surface area (Å²) in [5.74, 6) is 1.34. The molecule has 0 radical (unpaired) electrons. The van der Waals surface area contributed by atoms with Crippen molar-refractivity contribution in [3.05, 3.63) is 17.8 Å². The molecule has 1 atom stereocenters. The molecule has 1 saturated carbocycles. The molecule has 0 saturated heterocycles. The van der Waals surface area contributed by atoms with Crippen LogP contribution >= 0.6 is 0 Å². The first-order chi connectivity index (χ1) is 9.58. The summed E-state index contributed by atoms with van der Waals surface area (Å²) in [5.41, 5.74) is 13.6. The van der Waals surface area contributed by atoms with Crippen molar-refractivity contribution in [2.75, 3.05) is 14.1 Å². The average molecular weight is 276 g/mol. The lowest BCUT2D eigenvalue weighted by Crippen LogP contribution is -2.52. The molecule has 0 spiro atoms. The number of guanidine groups is 1. The van der Waals surface area contributed by atoms with Gasteiger partial charge in [0.15, 0.2) is 5.96 Å². The van der Waals surface area contributed by atoms with Crippen LogP contribution in [0.2, 0.25) is 0 Å². The maximum atomic E-state index is 6.39. The quantitative estimate of drug-likeness (QED) is 0.755. The second kappa shape index (κ2) is 5.10. The minimum Gasteiger partial charge on any atom is -0.369 e. The van der Waals surface area contributed by atoms with Crippen LogP contribution in [0.25, 0.3) is 0 Å². The highest BCUT2D eigenvalue weighted by Crippen LogP contribution is 2.35. The Morgan fingerprint density at radius 2 is 2.00 bits per heavy atom. The van der Waals surface area contributed by atoms with Gasteiger partial charge in [0.25, 0.3) is 0 Å². The number of aromatic amines is 1. The predicted octanol–water partition coefficient (Wildman–Crippen LogP) is 1.11. The highest BCUT2D eigenvalue weighted by atomic mass is 15.4. The number of rotatable bonds is 2. The van der Waals surface area contributed by atoms with Gasteiger partial charge in [0, 0.05) is 23.8 Å². The largest absolute Gasteiger partial charge is 0.369 e. The van der Waals surface area contributed by atoms with Gasteiger partial charge in [-0.05, 0) is 45.8 Å². The standard InChI is InChI=1S/C14H24N6/c1-19(2)9-3-5-10(6-4-9)20-12(15)11-7-8-17-13(11)18-14(20)16/h7-10,12,17H,3-6,15H2,1-2H3,(H2,16,18). The highest BCUT2D eigenvalue weighted by Gasteiger charge is 2.34. The Morgan fingerprint density at radius 3 is 2.65 bits per heavy atom. The third kappa shape index (κ3) is 2.19. The summed E-state index contributed by atoms with van der Waals surface area (Å²) in [6, 6.07) is 3.07. The van der Waals surface area contributed by atoms with Gasteiger partial charge in [-0.1, -0.05) is 0 Å². The lowest BCUT2D eigenvalue weighted by atomic mass is 9.89. The molecule has 1 aromatic rings. The van der Waals surface area contributed by atoms with Crippen LogP contribution < -0.4 is 11.5 Å². The summed E-state index contributed by atoms with van der Waals surface area (Å²) in [6.07, 6.45) is 6.30. The number of hydrogen-bond donors (Lipinski definition) is 3. The van der Waals surface area contributed by atoms with Crippen molar-refractivity contribution >= 4 is 11.8 Å². The molecule has 2 heterocycles. The van der Waals surface area contributed by atoms with E-state index in [1.165, 1.54) is 12.8 Å². The van der Waals surface area contributed by atoms with Crippen LogP contribution in [0.3, 0.4) is 0 Å². The molecule has 20 heavy (non-hydrogen) atoms. The minimum absolute atomic E-state index is 0.186. The third-order valence-corrected chi connectivity index (χ3v) is 4.66. The monoisotopic (exact) mass is 276 g/mol. The summed E-state index contributed by atoms with van der Waals surface area (Å²) in [5, 5.41) is 0. The van der Waals surface area contributed by atoms with Gasteiger partial charge in [-0.25, -0.2) is 0 Å². The molecular formula is C14H24N6. The van der Waals surface area contributed by atoms with E-state index in [2.05, 4.69) is 33.9 Å². The molecule has 0 bridgehead atoms. The number of nitrogens with zero attached hydrogens (tertiary/aromatic N) is 3. The maximum absolute atomic E-state index is 6.39. The Morgan fingerprint density at radius 1 is 1.30 bits per heavy atom. The number of hydrogen-bond acceptors (Lipinski definition) is 5. The lowest BCUT2D eigenvalue weighted by molar-refractivity contribution is 0.138. The topological polar surface area (TPSA) is 86.7 Å². The smallest absolute Gasteiger partial charge is 0.199 e. The summed E-state index contributed by atoms with van der Waals surface area (Å²) >= 11 is 0. The van der Waals surface area contributed by atoms with Gasteiger partial charge < -0.3 is 26.3 Å². The van der Waals surface area contributed by atoms with Crippen molar-refractivity contribution < 1.29 is 0 Å². The van der Waals surface area contributed by atoms with Gasteiger partial charge in [-0.15, -0.1) is 0 Å². The van der Waals surface area contributed by atoms with E-state index in [-0.39, 0.29) is 6.17 Å². The van der Waals surface area contributed by atoms with Crippen LogP contribution in [-0.2, 0) is 0 Å². The fourth-order valence-corrected chi connectivity index (χ4v) is 3.44. The SMILES string of the molecule is CN(C)C1CCC(N2C(N)=Nc3[nH]ccc3C2N)CC1. The van der Waals surface area contributed by atoms with E-state index in [1.54, 1.807) is 0 Å². The first kappa shape index (κ1) is 13.5. The van der Waals surface area contributed by atoms with Crippen molar-refractivity contribution in [1.29, 1.82) is 0 Å². The third-order valence-electron chi connectivity index (χ3n) is 4.66. The predicted molar refractivity (Wildman–Crippen MR) is 80.6 cm³/mol. The lowest BCUT2D eigenvalue weighted by Gasteiger charge is -2.43. The normalized spacial score (nSPS) is 30.3. The molecule has 0 aromatic carbocycles. The average Bonchev–Trinajstić information content (AvgIpc) is 2.87. The van der Waals surface area contributed by atoms with Crippen molar-refractivity contribution in [2.45, 2.75) is 43.9 Å². The van der Waals surface area contributed by atoms with Gasteiger partial charge in [-0.2, -0.15) is 4.99 Å². The van der Waals surface area contributed by atoms with Crippen molar-refractivity contribution in [1.82, 2.24) is 14.8 Å². The van der Waals surface area contributed by atoms with Crippen LogP contribution in [0.1, 0.15) is 37.4 Å². The zero-order valence-corrected chi connectivity index (χ0v) is 12.2. The Balaban J connectivity index is 1.75. The van der Waals surface area contributed by atoms with Crippen molar-refractivity contribution in [2.24, 2.45) is 16.5 Å². The highest BCUT2D eigenvalue weighted by molar-refractivity contribution is 5.83. The van der Waals surface area contributed by atoms with E-state index in [4.69, 9.17) is 11.5 Å². The molecule has 3 rings (SSSR count). The number of aromatic nitrogens is 1. The molecule has 5 N–H and O–H groups in total. The zero-order chi connectivity index (χ0) is 14.3. The van der Waals surface area contributed by atoms with E-state index in [9.17, 15) is 0 Å². The van der Waals surface area contributed by atoms with E-state index in [0.29, 0.717) is 18.0 Å². The number of nitrogens with two attached hydrogens (primary N) is 2. The maximum Gasteiger partial charge on any atom is 0.199 e. The molecule has 1 aliphatic carbocycles. The molecule has 6 nitrogen and oxygen atoms in total. The van der Waals surface area contributed by atoms with Crippen molar-refractivity contribution in [3.8, 4) is 0 Å². The summed E-state index contributed by atoms with van der Waals surface area (Å²) in [4.78, 5) is 11.9. The fraction of sp³-hybridized carbons (Fsp3) is 0.643. The molecule has 0 amide bonds. The second-order valence-electron chi connectivity index (χ2n) is 6.03. The summed E-state index contributed by atoms with van der Waals surface area (Å²) in [6.45, 7) is 0. The van der Waals surface area contributed by atoms with Gasteiger partial charge in [0.2, 0.25) is 0 Å². The summed E-state index contributed by atoms with van der Waals surface area (Å²) < 4.78 is 0. The van der Waals surface area contributed by atoms with Crippen LogP contribution in [0.5, 0.6) is 0 Å². The number of aliphatic imine (C=N–C) groups is 1. The van der Waals surface area contributed by atoms with Crippen LogP contribution in [0.15, 0.2) is 17.3 Å². The Bertz CT molecular complexity index is 498. The number of H-pyrrole nitrogens is 1. The molecular weight excluding hydrogens is 252 g/mol. The van der Waals surface area contributed by atoms with Crippen LogP contribution in [0.4, 0.5) is 5.82 Å². The fourth-order valence-electron chi connectivity index (χ4n) is 3.44. The molecule has 1 aromatic heterocycles. The van der Waals surface area contributed by atoms with Crippen LogP contribution in [-0.4, -0.2) is 46.9 Å². The summed E-state index contributed by atoms with van der Waals surface area (Å²) in [7, 11) is 4.30. The van der Waals surface area contributed by atoms with E-state index in [1.807, 2.05) is 12.3 Å². The van der Waals surface area contributed by atoms with E-state index in [0.717, 1.165) is 24.2 Å². The molecule has 1 aliphatic heterocycles. The zero-order valence-electron chi connectivity index (χ0n) is 12.2. The van der Waals surface area contributed by atoms with Crippen molar-refractivity contribution in [3.63, 3.8) is 0 Å². The minimum atomic E-state index is -0.186.